The van der Waals surface area contributed by atoms with Gasteiger partial charge in [-0.05, 0) is 24.3 Å². The van der Waals surface area contributed by atoms with Gasteiger partial charge in [0.05, 0.1) is 17.8 Å². The van der Waals surface area contributed by atoms with Crippen molar-refractivity contribution in [1.29, 1.82) is 5.26 Å². The van der Waals surface area contributed by atoms with Crippen molar-refractivity contribution in [3.63, 3.8) is 0 Å². The van der Waals surface area contributed by atoms with Crippen LogP contribution in [0.2, 0.25) is 0 Å². The third kappa shape index (κ3) is 2.21. The summed E-state index contributed by atoms with van der Waals surface area (Å²) >= 11 is 1.11. The molecule has 16 heavy (non-hydrogen) atoms. The summed E-state index contributed by atoms with van der Waals surface area (Å²) < 4.78 is 3.63. The minimum absolute atomic E-state index is 0.240. The Hall–Kier alpha value is -2.26. The fourth-order valence-corrected chi connectivity index (χ4v) is 1.52. The molecule has 2 aromatic rings. The highest BCUT2D eigenvalue weighted by Crippen LogP contribution is 2.11. The molecule has 2 rings (SSSR count). The predicted octanol–water partition coefficient (Wildman–Crippen LogP) is 1.66. The Bertz CT molecular complexity index is 527. The molecule has 0 fully saturated rings. The first-order valence-corrected chi connectivity index (χ1v) is 5.16. The maximum Gasteiger partial charge on any atom is 0.256 e. The maximum atomic E-state index is 11.7. The number of rotatable bonds is 2. The van der Waals surface area contributed by atoms with Crippen LogP contribution in [0.25, 0.3) is 0 Å². The molecule has 1 amide bonds. The van der Waals surface area contributed by atoms with Gasteiger partial charge in [0.1, 0.15) is 5.00 Å². The van der Waals surface area contributed by atoms with Gasteiger partial charge in [-0.15, -0.1) is 5.10 Å². The lowest BCUT2D eigenvalue weighted by atomic mass is 10.1. The number of anilines is 1. The van der Waals surface area contributed by atoms with E-state index in [1.165, 1.54) is 6.20 Å². The number of carbonyl (C=O) groups excluding carboxylic acids is 1. The van der Waals surface area contributed by atoms with Gasteiger partial charge in [0, 0.05) is 17.1 Å². The second-order valence-corrected chi connectivity index (χ2v) is 3.71. The van der Waals surface area contributed by atoms with Gasteiger partial charge in [-0.1, -0.05) is 4.49 Å². The second kappa shape index (κ2) is 4.51. The highest BCUT2D eigenvalue weighted by molar-refractivity contribution is 7.10. The molecule has 1 N–H and O–H groups in total. The highest BCUT2D eigenvalue weighted by atomic mass is 32.1. The number of amides is 1. The first kappa shape index (κ1) is 10.3. The van der Waals surface area contributed by atoms with Crippen LogP contribution in [-0.4, -0.2) is 15.5 Å². The van der Waals surface area contributed by atoms with Crippen LogP contribution in [0.3, 0.4) is 0 Å². The van der Waals surface area contributed by atoms with E-state index in [-0.39, 0.29) is 5.91 Å². The Morgan fingerprint density at radius 3 is 2.69 bits per heavy atom. The summed E-state index contributed by atoms with van der Waals surface area (Å²) in [6.07, 6.45) is 1.48. The molecule has 1 heterocycles. The van der Waals surface area contributed by atoms with E-state index in [9.17, 15) is 4.79 Å². The summed E-state index contributed by atoms with van der Waals surface area (Å²) in [7, 11) is 0. The van der Waals surface area contributed by atoms with E-state index in [4.69, 9.17) is 5.26 Å². The standard InChI is InChI=1S/C10H6N4OS/c11-5-7-1-3-8(4-2-7)10(15)13-9-6-12-14-16-9/h1-4,6H,(H,13,15). The average molecular weight is 230 g/mol. The number of nitrogens with one attached hydrogen (secondary N) is 1. The van der Waals surface area contributed by atoms with Gasteiger partial charge >= 0.3 is 0 Å². The quantitative estimate of drug-likeness (QED) is 0.850. The third-order valence-electron chi connectivity index (χ3n) is 1.87. The van der Waals surface area contributed by atoms with E-state index in [2.05, 4.69) is 14.9 Å². The maximum absolute atomic E-state index is 11.7. The minimum Gasteiger partial charge on any atom is -0.311 e. The summed E-state index contributed by atoms with van der Waals surface area (Å²) in [4.78, 5) is 11.7. The van der Waals surface area contributed by atoms with Crippen LogP contribution in [0.15, 0.2) is 30.5 Å². The van der Waals surface area contributed by atoms with E-state index in [1.807, 2.05) is 6.07 Å². The van der Waals surface area contributed by atoms with Crippen molar-refractivity contribution in [3.8, 4) is 6.07 Å². The number of carbonyl (C=O) groups is 1. The number of nitrogens with zero attached hydrogens (tertiary/aromatic N) is 3. The fraction of sp³-hybridized carbons (Fsp3) is 0. The fourth-order valence-electron chi connectivity index (χ4n) is 1.10. The Morgan fingerprint density at radius 1 is 1.38 bits per heavy atom. The van der Waals surface area contributed by atoms with E-state index >= 15 is 0 Å². The number of aromatic nitrogens is 2. The summed E-state index contributed by atoms with van der Waals surface area (Å²) in [6, 6.07) is 8.38. The molecule has 1 aromatic heterocycles. The van der Waals surface area contributed by atoms with Gasteiger partial charge in [0.2, 0.25) is 0 Å². The van der Waals surface area contributed by atoms with Crippen LogP contribution in [0.1, 0.15) is 15.9 Å². The van der Waals surface area contributed by atoms with Gasteiger partial charge in [-0.25, -0.2) is 0 Å². The average Bonchev–Trinajstić information content (AvgIpc) is 2.82. The summed E-state index contributed by atoms with van der Waals surface area (Å²) in [6.45, 7) is 0. The molecule has 0 atom stereocenters. The molecule has 5 nitrogen and oxygen atoms in total. The molecule has 0 unspecified atom stereocenters. The summed E-state index contributed by atoms with van der Waals surface area (Å²) in [5, 5.41) is 15.5. The van der Waals surface area contributed by atoms with E-state index < -0.39 is 0 Å². The summed E-state index contributed by atoms with van der Waals surface area (Å²) in [5.41, 5.74) is 1.02. The monoisotopic (exact) mass is 230 g/mol. The van der Waals surface area contributed by atoms with Gasteiger partial charge in [-0.2, -0.15) is 5.26 Å². The Balaban J connectivity index is 2.12. The molecule has 0 bridgehead atoms. The molecule has 78 valence electrons. The number of nitriles is 1. The Morgan fingerprint density at radius 2 is 2.12 bits per heavy atom. The normalized spacial score (nSPS) is 9.44. The van der Waals surface area contributed by atoms with Crippen molar-refractivity contribution in [2.45, 2.75) is 0 Å². The van der Waals surface area contributed by atoms with Gasteiger partial charge in [-0.3, -0.25) is 4.79 Å². The molecule has 0 aliphatic rings. The van der Waals surface area contributed by atoms with Crippen molar-refractivity contribution in [2.24, 2.45) is 0 Å². The molecule has 0 saturated heterocycles. The molecule has 0 radical (unpaired) electrons. The highest BCUT2D eigenvalue weighted by Gasteiger charge is 2.06. The zero-order valence-electron chi connectivity index (χ0n) is 8.04. The molecule has 0 aliphatic heterocycles. The predicted molar refractivity (Wildman–Crippen MR) is 59.0 cm³/mol. The van der Waals surface area contributed by atoms with E-state index in [0.717, 1.165) is 11.5 Å². The molecule has 0 saturated carbocycles. The molecule has 0 aliphatic carbocycles. The second-order valence-electron chi connectivity index (χ2n) is 2.93. The molecule has 0 spiro atoms. The minimum atomic E-state index is -0.240. The third-order valence-corrected chi connectivity index (χ3v) is 2.45. The van der Waals surface area contributed by atoms with E-state index in [1.54, 1.807) is 24.3 Å². The molecular weight excluding hydrogens is 224 g/mol. The number of hydrogen-bond donors (Lipinski definition) is 1. The summed E-state index contributed by atoms with van der Waals surface area (Å²) in [5.74, 6) is -0.240. The lowest BCUT2D eigenvalue weighted by Gasteiger charge is -2.00. The first-order chi connectivity index (χ1) is 7.79. The van der Waals surface area contributed by atoms with Crippen molar-refractivity contribution in [2.75, 3.05) is 5.32 Å². The lowest BCUT2D eigenvalue weighted by molar-refractivity contribution is 0.102. The van der Waals surface area contributed by atoms with E-state index in [0.29, 0.717) is 16.1 Å². The van der Waals surface area contributed by atoms with Crippen LogP contribution >= 0.6 is 11.5 Å². The Kier molecular flexibility index (Phi) is 2.89. The van der Waals surface area contributed by atoms with Crippen LogP contribution in [0.5, 0.6) is 0 Å². The van der Waals surface area contributed by atoms with Crippen molar-refractivity contribution in [1.82, 2.24) is 9.59 Å². The van der Waals surface area contributed by atoms with Crippen LogP contribution in [0.4, 0.5) is 5.00 Å². The smallest absolute Gasteiger partial charge is 0.256 e. The van der Waals surface area contributed by atoms with Gasteiger partial charge in [0.25, 0.3) is 5.91 Å². The zero-order valence-corrected chi connectivity index (χ0v) is 8.86. The molecule has 6 heteroatoms. The van der Waals surface area contributed by atoms with Gasteiger partial charge < -0.3 is 5.32 Å². The molecular formula is C10H6N4OS. The number of benzene rings is 1. The SMILES string of the molecule is N#Cc1ccc(C(=O)Nc2cnns2)cc1. The Labute approximate surface area is 95.5 Å². The van der Waals surface area contributed by atoms with Gasteiger partial charge in [0.15, 0.2) is 0 Å². The lowest BCUT2D eigenvalue weighted by Crippen LogP contribution is -2.10. The van der Waals surface area contributed by atoms with Crippen LogP contribution < -0.4 is 5.32 Å². The van der Waals surface area contributed by atoms with Crippen molar-refractivity contribution >= 4 is 22.4 Å². The largest absolute Gasteiger partial charge is 0.311 e. The van der Waals surface area contributed by atoms with Crippen molar-refractivity contribution < 1.29 is 4.79 Å². The topological polar surface area (TPSA) is 78.7 Å². The zero-order chi connectivity index (χ0) is 11.4. The first-order valence-electron chi connectivity index (χ1n) is 4.38. The van der Waals surface area contributed by atoms with Crippen LogP contribution in [0, 0.1) is 11.3 Å². The number of hydrogen-bond acceptors (Lipinski definition) is 5. The van der Waals surface area contributed by atoms with Crippen LogP contribution in [-0.2, 0) is 0 Å². The molecule has 1 aromatic carbocycles. The van der Waals surface area contributed by atoms with Crippen molar-refractivity contribution in [3.05, 3.63) is 41.6 Å².